The van der Waals surface area contributed by atoms with Gasteiger partial charge in [0.1, 0.15) is 11.8 Å². The van der Waals surface area contributed by atoms with Gasteiger partial charge in [-0.25, -0.2) is 4.79 Å². The van der Waals surface area contributed by atoms with Gasteiger partial charge >= 0.3 is 5.97 Å². The third-order valence-corrected chi connectivity index (χ3v) is 5.86. The van der Waals surface area contributed by atoms with Crippen LogP contribution in [-0.2, 0) is 20.7 Å². The van der Waals surface area contributed by atoms with E-state index in [4.69, 9.17) is 4.74 Å². The maximum absolute atomic E-state index is 12.3. The normalized spacial score (nSPS) is 12.1. The highest BCUT2D eigenvalue weighted by Crippen LogP contribution is 2.13. The summed E-state index contributed by atoms with van der Waals surface area (Å²) in [6.45, 7) is 2.25. The zero-order chi connectivity index (χ0) is 24.2. The number of rotatable bonds is 19. The highest BCUT2D eigenvalue weighted by atomic mass is 16.5. The topological polar surface area (TPSA) is 75.6 Å². The van der Waals surface area contributed by atoms with E-state index < -0.39 is 12.0 Å². The first-order valence-electron chi connectivity index (χ1n) is 12.9. The van der Waals surface area contributed by atoms with Gasteiger partial charge in [-0.05, 0) is 49.8 Å². The number of benzene rings is 1. The molecule has 1 amide bonds. The van der Waals surface area contributed by atoms with Crippen LogP contribution in [0.1, 0.15) is 102 Å². The quantitative estimate of drug-likeness (QED) is 0.138. The molecule has 0 unspecified atom stereocenters. The van der Waals surface area contributed by atoms with E-state index in [9.17, 15) is 14.7 Å². The molecule has 1 aromatic rings. The van der Waals surface area contributed by atoms with E-state index in [2.05, 4.69) is 24.4 Å². The van der Waals surface area contributed by atoms with Crippen LogP contribution in [0.3, 0.4) is 0 Å². The summed E-state index contributed by atoms with van der Waals surface area (Å²) in [5, 5.41) is 12.2. The van der Waals surface area contributed by atoms with Crippen molar-refractivity contribution in [2.75, 3.05) is 7.11 Å². The molecule has 0 bridgehead atoms. The van der Waals surface area contributed by atoms with Crippen molar-refractivity contribution in [3.8, 4) is 5.75 Å². The molecule has 0 saturated heterocycles. The molecule has 33 heavy (non-hydrogen) atoms. The Kier molecular flexibility index (Phi) is 16.7. The molecule has 2 N–H and O–H groups in total. The molecule has 0 aliphatic carbocycles. The Labute approximate surface area is 201 Å². The van der Waals surface area contributed by atoms with Gasteiger partial charge in [-0.3, -0.25) is 4.79 Å². The second-order valence-electron chi connectivity index (χ2n) is 8.85. The fourth-order valence-corrected chi connectivity index (χ4v) is 3.83. The van der Waals surface area contributed by atoms with Crippen molar-refractivity contribution < 1.29 is 19.4 Å². The van der Waals surface area contributed by atoms with Crippen LogP contribution < -0.4 is 5.32 Å². The fourth-order valence-electron chi connectivity index (χ4n) is 3.83. The minimum absolute atomic E-state index is 0.123. The van der Waals surface area contributed by atoms with E-state index >= 15 is 0 Å². The van der Waals surface area contributed by atoms with Gasteiger partial charge in [0.2, 0.25) is 5.91 Å². The first kappa shape index (κ1) is 28.7. The van der Waals surface area contributed by atoms with Crippen molar-refractivity contribution in [2.45, 2.75) is 109 Å². The van der Waals surface area contributed by atoms with Crippen molar-refractivity contribution >= 4 is 11.9 Å². The molecule has 0 aliphatic heterocycles. The predicted molar refractivity (Wildman–Crippen MR) is 135 cm³/mol. The minimum Gasteiger partial charge on any atom is -0.508 e. The monoisotopic (exact) mass is 459 g/mol. The van der Waals surface area contributed by atoms with Crippen molar-refractivity contribution in [1.82, 2.24) is 5.32 Å². The van der Waals surface area contributed by atoms with Crippen LogP contribution in [0.15, 0.2) is 36.4 Å². The molecule has 0 heterocycles. The lowest BCUT2D eigenvalue weighted by Gasteiger charge is -2.16. The third kappa shape index (κ3) is 15.2. The number of allylic oxidation sites excluding steroid dienone is 2. The number of hydrogen-bond acceptors (Lipinski definition) is 4. The van der Waals surface area contributed by atoms with Gasteiger partial charge < -0.3 is 15.2 Å². The summed E-state index contributed by atoms with van der Waals surface area (Å²) < 4.78 is 4.83. The Bertz CT molecular complexity index is 669. The van der Waals surface area contributed by atoms with E-state index in [0.29, 0.717) is 12.8 Å². The summed E-state index contributed by atoms with van der Waals surface area (Å²) in [6, 6.07) is 5.89. The second-order valence-corrected chi connectivity index (χ2v) is 8.85. The van der Waals surface area contributed by atoms with Crippen LogP contribution in [0.4, 0.5) is 0 Å². The molecule has 5 heteroatoms. The Morgan fingerprint density at radius 3 is 2.00 bits per heavy atom. The number of methoxy groups -OCH3 is 1. The number of unbranched alkanes of at least 4 members (excludes halogenated alkanes) is 11. The number of amides is 1. The average molecular weight is 460 g/mol. The zero-order valence-corrected chi connectivity index (χ0v) is 20.8. The summed E-state index contributed by atoms with van der Waals surface area (Å²) in [5.74, 6) is -0.413. The Morgan fingerprint density at radius 2 is 1.42 bits per heavy atom. The lowest BCUT2D eigenvalue weighted by atomic mass is 10.0. The number of phenolic OH excluding ortho intramolecular Hbond substituents is 1. The lowest BCUT2D eigenvalue weighted by molar-refractivity contribution is -0.145. The number of carbonyl (C=O) groups excluding carboxylic acids is 2. The zero-order valence-electron chi connectivity index (χ0n) is 20.8. The first-order chi connectivity index (χ1) is 16.1. The molecular formula is C28H45NO4. The van der Waals surface area contributed by atoms with E-state index in [0.717, 1.165) is 31.2 Å². The molecule has 0 radical (unpaired) electrons. The molecule has 0 saturated carbocycles. The number of esters is 1. The summed E-state index contributed by atoms with van der Waals surface area (Å²) in [7, 11) is 1.32. The van der Waals surface area contributed by atoms with Gasteiger partial charge in [-0.2, -0.15) is 0 Å². The summed E-state index contributed by atoms with van der Waals surface area (Å²) in [6.07, 6.45) is 21.3. The molecule has 186 valence electrons. The van der Waals surface area contributed by atoms with Crippen molar-refractivity contribution in [2.24, 2.45) is 0 Å². The van der Waals surface area contributed by atoms with E-state index in [1.54, 1.807) is 24.3 Å². The number of nitrogens with one attached hydrogen (secondary N) is 1. The van der Waals surface area contributed by atoms with Crippen LogP contribution >= 0.6 is 0 Å². The number of ether oxygens (including phenoxy) is 1. The van der Waals surface area contributed by atoms with Crippen LogP contribution in [0.25, 0.3) is 0 Å². The van der Waals surface area contributed by atoms with Gasteiger partial charge in [0.15, 0.2) is 0 Å². The summed E-state index contributed by atoms with van der Waals surface area (Å²) >= 11 is 0. The van der Waals surface area contributed by atoms with Crippen LogP contribution in [0.2, 0.25) is 0 Å². The standard InChI is InChI=1S/C28H45NO4/c1-3-4-5-6-7-8-9-10-11-12-13-14-15-16-17-18-27(31)29-26(28(32)33-2)23-24-19-21-25(30)22-20-24/h10-11,19-22,26,30H,3-9,12-18,23H2,1-2H3,(H,29,31)/b11-10-/t26-/m0/s1. The van der Waals surface area contributed by atoms with Crippen LogP contribution in [0.5, 0.6) is 5.75 Å². The maximum Gasteiger partial charge on any atom is 0.328 e. The van der Waals surface area contributed by atoms with Gasteiger partial charge in [0, 0.05) is 12.8 Å². The smallest absolute Gasteiger partial charge is 0.328 e. The highest BCUT2D eigenvalue weighted by molar-refractivity contribution is 5.84. The fraction of sp³-hybridized carbons (Fsp3) is 0.643. The SMILES string of the molecule is CCCCCCCC/C=C\CCCCCCCC(=O)N[C@@H](Cc1ccc(O)cc1)C(=O)OC. The Morgan fingerprint density at radius 1 is 0.879 bits per heavy atom. The number of phenols is 1. The molecule has 0 aliphatic rings. The molecule has 0 fully saturated rings. The minimum atomic E-state index is -0.713. The second kappa shape index (κ2) is 19.2. The van der Waals surface area contributed by atoms with Gasteiger partial charge in [-0.15, -0.1) is 0 Å². The molecule has 1 atom stereocenters. The number of aromatic hydroxyl groups is 1. The molecule has 1 aromatic carbocycles. The van der Waals surface area contributed by atoms with Crippen molar-refractivity contribution in [3.63, 3.8) is 0 Å². The maximum atomic E-state index is 12.3. The lowest BCUT2D eigenvalue weighted by Crippen LogP contribution is -2.43. The first-order valence-corrected chi connectivity index (χ1v) is 12.9. The molecule has 1 rings (SSSR count). The van der Waals surface area contributed by atoms with Crippen LogP contribution in [0, 0.1) is 0 Å². The molecule has 5 nitrogen and oxygen atoms in total. The third-order valence-electron chi connectivity index (χ3n) is 5.86. The largest absolute Gasteiger partial charge is 0.508 e. The number of hydrogen-bond donors (Lipinski definition) is 2. The molecular weight excluding hydrogens is 414 g/mol. The molecule has 0 aromatic heterocycles. The van der Waals surface area contributed by atoms with E-state index in [1.165, 1.54) is 64.9 Å². The molecule has 0 spiro atoms. The average Bonchev–Trinajstić information content (AvgIpc) is 2.82. The van der Waals surface area contributed by atoms with Crippen LogP contribution in [-0.4, -0.2) is 30.1 Å². The van der Waals surface area contributed by atoms with Gasteiger partial charge in [0.05, 0.1) is 7.11 Å². The van der Waals surface area contributed by atoms with Crippen molar-refractivity contribution in [1.29, 1.82) is 0 Å². The van der Waals surface area contributed by atoms with E-state index in [1.807, 2.05) is 0 Å². The van der Waals surface area contributed by atoms with Crippen molar-refractivity contribution in [3.05, 3.63) is 42.0 Å². The van der Waals surface area contributed by atoms with Gasteiger partial charge in [-0.1, -0.05) is 82.6 Å². The predicted octanol–water partition coefficient (Wildman–Crippen LogP) is 6.63. The number of carbonyl (C=O) groups is 2. The Hall–Kier alpha value is -2.30. The highest BCUT2D eigenvalue weighted by Gasteiger charge is 2.21. The summed E-state index contributed by atoms with van der Waals surface area (Å²) in [4.78, 5) is 24.3. The summed E-state index contributed by atoms with van der Waals surface area (Å²) in [5.41, 5.74) is 0.851. The van der Waals surface area contributed by atoms with Gasteiger partial charge in [0.25, 0.3) is 0 Å². The Balaban J connectivity index is 2.09. The van der Waals surface area contributed by atoms with E-state index in [-0.39, 0.29) is 11.7 Å².